The topological polar surface area (TPSA) is 64.3 Å². The monoisotopic (exact) mass is 280 g/mol. The van der Waals surface area contributed by atoms with Crippen molar-refractivity contribution in [1.29, 1.82) is 0 Å². The molecule has 3 N–H and O–H groups in total. The van der Waals surface area contributed by atoms with Crippen LogP contribution in [0.15, 0.2) is 42.5 Å². The standard InChI is InChI=1S/C17H16N2O2/c1-3-12-6-5-7-14(10-12)19-17(20)13-8-9-16(21-4-2)15(18)11-13/h1,5-11H,4,18H2,2H3,(H,19,20). The van der Waals surface area contributed by atoms with E-state index in [2.05, 4.69) is 11.2 Å². The number of nitrogens with one attached hydrogen (secondary N) is 1. The second kappa shape index (κ2) is 6.49. The van der Waals surface area contributed by atoms with Crippen molar-refractivity contribution in [2.24, 2.45) is 0 Å². The van der Waals surface area contributed by atoms with E-state index in [-0.39, 0.29) is 5.91 Å². The van der Waals surface area contributed by atoms with Crippen LogP contribution in [0, 0.1) is 12.3 Å². The molecule has 2 aromatic rings. The van der Waals surface area contributed by atoms with Crippen LogP contribution in [0.1, 0.15) is 22.8 Å². The molecule has 0 aliphatic rings. The average molecular weight is 280 g/mol. The average Bonchev–Trinajstić information content (AvgIpc) is 2.49. The zero-order valence-corrected chi connectivity index (χ0v) is 11.7. The van der Waals surface area contributed by atoms with Crippen LogP contribution < -0.4 is 15.8 Å². The highest BCUT2D eigenvalue weighted by molar-refractivity contribution is 6.05. The Kier molecular flexibility index (Phi) is 4.47. The van der Waals surface area contributed by atoms with E-state index in [4.69, 9.17) is 16.9 Å². The summed E-state index contributed by atoms with van der Waals surface area (Å²) in [4.78, 5) is 12.2. The lowest BCUT2D eigenvalue weighted by Gasteiger charge is -2.09. The zero-order chi connectivity index (χ0) is 15.2. The van der Waals surface area contributed by atoms with Crippen LogP contribution in [0.3, 0.4) is 0 Å². The molecule has 1 amide bonds. The van der Waals surface area contributed by atoms with Gasteiger partial charge in [-0.25, -0.2) is 0 Å². The molecule has 0 aromatic heterocycles. The third-order valence-corrected chi connectivity index (χ3v) is 2.86. The first-order valence-corrected chi connectivity index (χ1v) is 6.54. The van der Waals surface area contributed by atoms with Gasteiger partial charge in [-0.3, -0.25) is 4.79 Å². The Morgan fingerprint density at radius 1 is 1.33 bits per heavy atom. The number of carbonyl (C=O) groups excluding carboxylic acids is 1. The second-order valence-electron chi connectivity index (χ2n) is 4.36. The number of terminal acetylenes is 1. The maximum absolute atomic E-state index is 12.2. The molecule has 0 bridgehead atoms. The Morgan fingerprint density at radius 2 is 2.14 bits per heavy atom. The van der Waals surface area contributed by atoms with Gasteiger partial charge in [0, 0.05) is 16.8 Å². The van der Waals surface area contributed by atoms with Crippen molar-refractivity contribution in [3.63, 3.8) is 0 Å². The SMILES string of the molecule is C#Cc1cccc(NC(=O)c2ccc(OCC)c(N)c2)c1. The molecule has 0 unspecified atom stereocenters. The molecular formula is C17H16N2O2. The fourth-order valence-corrected chi connectivity index (χ4v) is 1.87. The van der Waals surface area contributed by atoms with Crippen molar-refractivity contribution < 1.29 is 9.53 Å². The molecule has 0 radical (unpaired) electrons. The largest absolute Gasteiger partial charge is 0.492 e. The van der Waals surface area contributed by atoms with Gasteiger partial charge in [0.2, 0.25) is 0 Å². The van der Waals surface area contributed by atoms with Crippen LogP contribution in [-0.2, 0) is 0 Å². The molecule has 21 heavy (non-hydrogen) atoms. The molecule has 106 valence electrons. The van der Waals surface area contributed by atoms with Crippen LogP contribution in [0.25, 0.3) is 0 Å². The lowest BCUT2D eigenvalue weighted by atomic mass is 10.1. The molecule has 0 aliphatic heterocycles. The third-order valence-electron chi connectivity index (χ3n) is 2.86. The third kappa shape index (κ3) is 3.54. The quantitative estimate of drug-likeness (QED) is 0.668. The molecule has 0 fully saturated rings. The van der Waals surface area contributed by atoms with Crippen LogP contribution in [0.5, 0.6) is 5.75 Å². The Labute approximate surface area is 123 Å². The number of carbonyl (C=O) groups is 1. The van der Waals surface area contributed by atoms with Crippen LogP contribution in [0.4, 0.5) is 11.4 Å². The van der Waals surface area contributed by atoms with Gasteiger partial charge in [-0.2, -0.15) is 0 Å². The summed E-state index contributed by atoms with van der Waals surface area (Å²) in [5, 5.41) is 2.78. The number of ether oxygens (including phenoxy) is 1. The minimum Gasteiger partial charge on any atom is -0.492 e. The van der Waals surface area contributed by atoms with Gasteiger partial charge in [0.25, 0.3) is 5.91 Å². The fraction of sp³-hybridized carbons (Fsp3) is 0.118. The van der Waals surface area contributed by atoms with E-state index in [0.717, 1.165) is 0 Å². The zero-order valence-electron chi connectivity index (χ0n) is 11.7. The summed E-state index contributed by atoms with van der Waals surface area (Å²) < 4.78 is 5.34. The molecule has 4 heteroatoms. The van der Waals surface area contributed by atoms with E-state index in [1.807, 2.05) is 6.92 Å². The first-order chi connectivity index (χ1) is 10.1. The number of rotatable bonds is 4. The van der Waals surface area contributed by atoms with Crippen molar-refractivity contribution in [2.75, 3.05) is 17.7 Å². The summed E-state index contributed by atoms with van der Waals surface area (Å²) in [5.41, 5.74) is 8.09. The molecule has 0 atom stereocenters. The van der Waals surface area contributed by atoms with E-state index in [1.54, 1.807) is 42.5 Å². The van der Waals surface area contributed by atoms with Crippen molar-refractivity contribution in [3.05, 3.63) is 53.6 Å². The molecule has 4 nitrogen and oxygen atoms in total. The minimum absolute atomic E-state index is 0.251. The van der Waals surface area contributed by atoms with Gasteiger partial charge < -0.3 is 15.8 Å². The maximum atomic E-state index is 12.2. The lowest BCUT2D eigenvalue weighted by molar-refractivity contribution is 0.102. The van der Waals surface area contributed by atoms with Gasteiger partial charge in [0.05, 0.1) is 12.3 Å². The first kappa shape index (κ1) is 14.5. The predicted octanol–water partition coefficient (Wildman–Crippen LogP) is 2.90. The number of amides is 1. The molecule has 0 aliphatic carbocycles. The van der Waals surface area contributed by atoms with E-state index in [0.29, 0.717) is 34.9 Å². The highest BCUT2D eigenvalue weighted by Crippen LogP contribution is 2.23. The van der Waals surface area contributed by atoms with E-state index in [9.17, 15) is 4.79 Å². The fourth-order valence-electron chi connectivity index (χ4n) is 1.87. The van der Waals surface area contributed by atoms with Gasteiger partial charge in [-0.05, 0) is 43.3 Å². The van der Waals surface area contributed by atoms with Gasteiger partial charge in [-0.1, -0.05) is 12.0 Å². The summed E-state index contributed by atoms with van der Waals surface area (Å²) in [6.07, 6.45) is 5.33. The smallest absolute Gasteiger partial charge is 0.255 e. The number of anilines is 2. The Hall–Kier alpha value is -2.93. The summed E-state index contributed by atoms with van der Waals surface area (Å²) in [7, 11) is 0. The Morgan fingerprint density at radius 3 is 2.81 bits per heavy atom. The van der Waals surface area contributed by atoms with Crippen molar-refractivity contribution in [3.8, 4) is 18.1 Å². The van der Waals surface area contributed by atoms with Gasteiger partial charge in [0.15, 0.2) is 0 Å². The molecule has 0 spiro atoms. The molecule has 2 rings (SSSR count). The molecule has 0 saturated heterocycles. The normalized spacial score (nSPS) is 9.71. The van der Waals surface area contributed by atoms with Crippen LogP contribution in [0.2, 0.25) is 0 Å². The van der Waals surface area contributed by atoms with Crippen molar-refractivity contribution in [2.45, 2.75) is 6.92 Å². The maximum Gasteiger partial charge on any atom is 0.255 e. The van der Waals surface area contributed by atoms with Crippen molar-refractivity contribution in [1.82, 2.24) is 0 Å². The minimum atomic E-state index is -0.251. The highest BCUT2D eigenvalue weighted by atomic mass is 16.5. The summed E-state index contributed by atoms with van der Waals surface area (Å²) in [6.45, 7) is 2.40. The van der Waals surface area contributed by atoms with Crippen LogP contribution in [-0.4, -0.2) is 12.5 Å². The number of nitrogen functional groups attached to an aromatic ring is 1. The van der Waals surface area contributed by atoms with E-state index < -0.39 is 0 Å². The summed E-state index contributed by atoms with van der Waals surface area (Å²) in [5.74, 6) is 2.84. The van der Waals surface area contributed by atoms with E-state index in [1.165, 1.54) is 0 Å². The lowest BCUT2D eigenvalue weighted by Crippen LogP contribution is -2.12. The van der Waals surface area contributed by atoms with Gasteiger partial charge in [0.1, 0.15) is 5.75 Å². The molecule has 0 saturated carbocycles. The predicted molar refractivity (Wildman–Crippen MR) is 84.4 cm³/mol. The number of hydrogen-bond donors (Lipinski definition) is 2. The molecule has 2 aromatic carbocycles. The summed E-state index contributed by atoms with van der Waals surface area (Å²) >= 11 is 0. The number of hydrogen-bond acceptors (Lipinski definition) is 3. The first-order valence-electron chi connectivity index (χ1n) is 6.54. The number of nitrogens with two attached hydrogens (primary N) is 1. The Bertz CT molecular complexity index is 702. The molecule has 0 heterocycles. The summed E-state index contributed by atoms with van der Waals surface area (Å²) in [6, 6.07) is 12.0. The number of benzene rings is 2. The van der Waals surface area contributed by atoms with Crippen molar-refractivity contribution >= 4 is 17.3 Å². The van der Waals surface area contributed by atoms with Crippen LogP contribution >= 0.6 is 0 Å². The van der Waals surface area contributed by atoms with Gasteiger partial charge >= 0.3 is 0 Å². The second-order valence-corrected chi connectivity index (χ2v) is 4.36. The molecular weight excluding hydrogens is 264 g/mol. The highest BCUT2D eigenvalue weighted by Gasteiger charge is 2.09. The Balaban J connectivity index is 2.16. The van der Waals surface area contributed by atoms with E-state index >= 15 is 0 Å². The van der Waals surface area contributed by atoms with Gasteiger partial charge in [-0.15, -0.1) is 6.42 Å².